The molecule has 6 heteroatoms. The van der Waals surface area contributed by atoms with Gasteiger partial charge in [-0.3, -0.25) is 0 Å². The number of thiophene rings is 1. The van der Waals surface area contributed by atoms with Crippen LogP contribution in [0.2, 0.25) is 0 Å². The first-order valence-corrected chi connectivity index (χ1v) is 8.51. The highest BCUT2D eigenvalue weighted by atomic mass is 32.1. The largest absolute Gasteiger partial charge is 0.368 e. The Kier molecular flexibility index (Phi) is 5.76. The molecular weight excluding hydrogens is 282 g/mol. The molecule has 0 saturated heterocycles. The number of nitrogens with zero attached hydrogens (tertiary/aromatic N) is 3. The summed E-state index contributed by atoms with van der Waals surface area (Å²) in [7, 11) is 0. The van der Waals surface area contributed by atoms with E-state index in [9.17, 15) is 0 Å². The molecule has 21 heavy (non-hydrogen) atoms. The molecule has 0 unspecified atom stereocenters. The Morgan fingerprint density at radius 3 is 2.71 bits per heavy atom. The summed E-state index contributed by atoms with van der Waals surface area (Å²) < 4.78 is 0. The van der Waals surface area contributed by atoms with E-state index < -0.39 is 0 Å². The van der Waals surface area contributed by atoms with Gasteiger partial charge in [0.05, 0.1) is 5.39 Å². The second-order valence-corrected chi connectivity index (χ2v) is 6.19. The Hall–Kier alpha value is -1.40. The summed E-state index contributed by atoms with van der Waals surface area (Å²) in [4.78, 5) is 13.4. The van der Waals surface area contributed by atoms with Crippen LogP contribution < -0.4 is 11.1 Å². The standard InChI is InChI=1S/C15H25N5S/c1-4-8-20(6-3)9-7-17-13-12-10-11(5-2)21-14(12)19-15(16)18-13/h10H,4-9H2,1-3H3,(H3,16,17,18,19). The first kappa shape index (κ1) is 16.0. The van der Waals surface area contributed by atoms with E-state index in [4.69, 9.17) is 5.73 Å². The summed E-state index contributed by atoms with van der Waals surface area (Å²) in [5.74, 6) is 1.21. The van der Waals surface area contributed by atoms with Crippen LogP contribution in [0.4, 0.5) is 11.8 Å². The second kappa shape index (κ2) is 7.56. The normalized spacial score (nSPS) is 11.4. The fourth-order valence-electron chi connectivity index (χ4n) is 2.37. The van der Waals surface area contributed by atoms with Crippen LogP contribution in [-0.2, 0) is 6.42 Å². The Balaban J connectivity index is 2.08. The quantitative estimate of drug-likeness (QED) is 0.785. The number of nitrogens with two attached hydrogens (primary N) is 1. The molecule has 3 N–H and O–H groups in total. The maximum atomic E-state index is 5.81. The average Bonchev–Trinajstić information content (AvgIpc) is 2.89. The smallest absolute Gasteiger partial charge is 0.223 e. The van der Waals surface area contributed by atoms with Crippen LogP contribution in [0.5, 0.6) is 0 Å². The summed E-state index contributed by atoms with van der Waals surface area (Å²) in [6, 6.07) is 2.17. The highest BCUT2D eigenvalue weighted by Crippen LogP contribution is 2.29. The Bertz CT molecular complexity index is 581. The zero-order chi connectivity index (χ0) is 15.2. The molecule has 0 amide bonds. The lowest BCUT2D eigenvalue weighted by atomic mass is 10.3. The molecule has 0 saturated carbocycles. The fourth-order valence-corrected chi connectivity index (χ4v) is 3.35. The molecule has 0 atom stereocenters. The molecule has 2 aromatic heterocycles. The number of nitrogen functional groups attached to an aromatic ring is 1. The lowest BCUT2D eigenvalue weighted by molar-refractivity contribution is 0.300. The van der Waals surface area contributed by atoms with E-state index in [2.05, 4.69) is 47.0 Å². The van der Waals surface area contributed by atoms with Crippen LogP contribution in [0.25, 0.3) is 10.2 Å². The van der Waals surface area contributed by atoms with Gasteiger partial charge in [-0.1, -0.05) is 20.8 Å². The zero-order valence-electron chi connectivity index (χ0n) is 13.1. The second-order valence-electron chi connectivity index (χ2n) is 5.08. The molecule has 0 aliphatic heterocycles. The SMILES string of the molecule is CCCN(CC)CCNc1nc(N)nc2sc(CC)cc12. The van der Waals surface area contributed by atoms with Gasteiger partial charge in [-0.2, -0.15) is 4.98 Å². The van der Waals surface area contributed by atoms with Crippen molar-refractivity contribution >= 4 is 33.3 Å². The maximum Gasteiger partial charge on any atom is 0.223 e. The van der Waals surface area contributed by atoms with Crippen LogP contribution in [0.3, 0.4) is 0 Å². The van der Waals surface area contributed by atoms with Crippen molar-refractivity contribution in [2.45, 2.75) is 33.6 Å². The molecule has 2 aromatic rings. The number of nitrogens with one attached hydrogen (secondary N) is 1. The third-order valence-corrected chi connectivity index (χ3v) is 4.69. The first-order chi connectivity index (χ1) is 10.2. The third kappa shape index (κ3) is 4.04. The van der Waals surface area contributed by atoms with Gasteiger partial charge in [0.2, 0.25) is 5.95 Å². The molecule has 5 nitrogen and oxygen atoms in total. The van der Waals surface area contributed by atoms with Crippen molar-refractivity contribution < 1.29 is 0 Å². The number of hydrogen-bond acceptors (Lipinski definition) is 6. The predicted molar refractivity (Wildman–Crippen MR) is 92.1 cm³/mol. The summed E-state index contributed by atoms with van der Waals surface area (Å²) in [5, 5.41) is 4.51. The molecule has 0 fully saturated rings. The minimum atomic E-state index is 0.343. The number of hydrogen-bond donors (Lipinski definition) is 2. The molecule has 0 aliphatic rings. The van der Waals surface area contributed by atoms with Crippen molar-refractivity contribution in [2.24, 2.45) is 0 Å². The van der Waals surface area contributed by atoms with Gasteiger partial charge in [-0.15, -0.1) is 11.3 Å². The van der Waals surface area contributed by atoms with Crippen molar-refractivity contribution in [3.63, 3.8) is 0 Å². The average molecular weight is 307 g/mol. The van der Waals surface area contributed by atoms with E-state index >= 15 is 0 Å². The van der Waals surface area contributed by atoms with E-state index in [0.717, 1.165) is 48.6 Å². The molecule has 2 heterocycles. The van der Waals surface area contributed by atoms with Crippen molar-refractivity contribution in [3.8, 4) is 0 Å². The highest BCUT2D eigenvalue weighted by Gasteiger charge is 2.10. The van der Waals surface area contributed by atoms with Gasteiger partial charge in [-0.05, 0) is 32.0 Å². The molecule has 116 valence electrons. The Morgan fingerprint density at radius 1 is 1.24 bits per heavy atom. The monoisotopic (exact) mass is 307 g/mol. The molecule has 0 radical (unpaired) electrons. The van der Waals surface area contributed by atoms with E-state index in [1.165, 1.54) is 11.3 Å². The van der Waals surface area contributed by atoms with E-state index in [-0.39, 0.29) is 0 Å². The molecule has 0 aromatic carbocycles. The van der Waals surface area contributed by atoms with Gasteiger partial charge < -0.3 is 16.0 Å². The van der Waals surface area contributed by atoms with Gasteiger partial charge in [0.25, 0.3) is 0 Å². The minimum Gasteiger partial charge on any atom is -0.368 e. The number of fused-ring (bicyclic) bond motifs is 1. The predicted octanol–water partition coefficient (Wildman–Crippen LogP) is 2.98. The van der Waals surface area contributed by atoms with Gasteiger partial charge in [0, 0.05) is 18.0 Å². The van der Waals surface area contributed by atoms with Crippen LogP contribution in [-0.4, -0.2) is 41.0 Å². The summed E-state index contributed by atoms with van der Waals surface area (Å²) in [6.07, 6.45) is 2.20. The molecule has 2 rings (SSSR count). The zero-order valence-corrected chi connectivity index (χ0v) is 14.0. The summed E-state index contributed by atoms with van der Waals surface area (Å²) >= 11 is 1.70. The summed E-state index contributed by atoms with van der Waals surface area (Å²) in [5.41, 5.74) is 5.81. The molecule has 0 bridgehead atoms. The lowest BCUT2D eigenvalue weighted by Crippen LogP contribution is -2.29. The molecule has 0 spiro atoms. The Labute approximate surface area is 130 Å². The van der Waals surface area contributed by atoms with E-state index in [1.807, 2.05) is 0 Å². The summed E-state index contributed by atoms with van der Waals surface area (Å²) in [6.45, 7) is 10.7. The third-order valence-electron chi connectivity index (χ3n) is 3.52. The van der Waals surface area contributed by atoms with Crippen LogP contribution in [0.15, 0.2) is 6.07 Å². The van der Waals surface area contributed by atoms with Crippen molar-refractivity contribution in [2.75, 3.05) is 37.2 Å². The van der Waals surface area contributed by atoms with Crippen LogP contribution in [0.1, 0.15) is 32.1 Å². The lowest BCUT2D eigenvalue weighted by Gasteiger charge is -2.19. The van der Waals surface area contributed by atoms with Crippen LogP contribution >= 0.6 is 11.3 Å². The number of aryl methyl sites for hydroxylation is 1. The van der Waals surface area contributed by atoms with E-state index in [0.29, 0.717) is 5.95 Å². The van der Waals surface area contributed by atoms with Crippen molar-refractivity contribution in [1.29, 1.82) is 0 Å². The number of rotatable bonds is 8. The van der Waals surface area contributed by atoms with Crippen molar-refractivity contribution in [1.82, 2.24) is 14.9 Å². The minimum absolute atomic E-state index is 0.343. The number of anilines is 2. The Morgan fingerprint density at radius 2 is 2.05 bits per heavy atom. The molecule has 0 aliphatic carbocycles. The van der Waals surface area contributed by atoms with Crippen LogP contribution in [0, 0.1) is 0 Å². The van der Waals surface area contributed by atoms with Gasteiger partial charge in [0.1, 0.15) is 10.6 Å². The first-order valence-electron chi connectivity index (χ1n) is 7.70. The topological polar surface area (TPSA) is 67.1 Å². The van der Waals surface area contributed by atoms with Gasteiger partial charge >= 0.3 is 0 Å². The van der Waals surface area contributed by atoms with E-state index in [1.54, 1.807) is 11.3 Å². The van der Waals surface area contributed by atoms with Crippen molar-refractivity contribution in [3.05, 3.63) is 10.9 Å². The fraction of sp³-hybridized carbons (Fsp3) is 0.600. The number of aromatic nitrogens is 2. The highest BCUT2D eigenvalue weighted by molar-refractivity contribution is 7.18. The van der Waals surface area contributed by atoms with Gasteiger partial charge in [-0.25, -0.2) is 4.98 Å². The van der Waals surface area contributed by atoms with Gasteiger partial charge in [0.15, 0.2) is 0 Å². The number of likely N-dealkylation sites (N-methyl/N-ethyl adjacent to an activating group) is 1. The maximum absolute atomic E-state index is 5.81. The molecular formula is C15H25N5S.